The van der Waals surface area contributed by atoms with E-state index in [1.807, 2.05) is 0 Å². The highest BCUT2D eigenvalue weighted by Gasteiger charge is 2.12. The lowest BCUT2D eigenvalue weighted by Crippen LogP contribution is -2.05. The molecule has 0 bridgehead atoms. The van der Waals surface area contributed by atoms with Crippen LogP contribution in [0.25, 0.3) is 0 Å². The van der Waals surface area contributed by atoms with E-state index >= 15 is 0 Å². The van der Waals surface area contributed by atoms with Gasteiger partial charge in [0, 0.05) is 0 Å². The summed E-state index contributed by atoms with van der Waals surface area (Å²) in [5, 5.41) is 0. The predicted octanol–water partition coefficient (Wildman–Crippen LogP) is 4.48. The van der Waals surface area contributed by atoms with E-state index in [4.69, 9.17) is 0 Å². The highest BCUT2D eigenvalue weighted by atomic mass is 14.2. The molecule has 0 amide bonds. The molecule has 74 valence electrons. The number of unbranched alkanes of at least 4 members (excludes halogenated alkanes) is 2. The normalized spacial score (nSPS) is 21.8. The van der Waals surface area contributed by atoms with E-state index in [9.17, 15) is 0 Å². The van der Waals surface area contributed by atoms with Gasteiger partial charge in [-0.15, -0.1) is 0 Å². The summed E-state index contributed by atoms with van der Waals surface area (Å²) in [6.07, 6.45) is 13.7. The molecule has 0 radical (unpaired) electrons. The average Bonchev–Trinajstić information content (AvgIpc) is 2.19. The van der Waals surface area contributed by atoms with Crippen LogP contribution in [0.15, 0.2) is 24.3 Å². The maximum absolute atomic E-state index is 4.22. The zero-order valence-electron chi connectivity index (χ0n) is 8.89. The van der Waals surface area contributed by atoms with Gasteiger partial charge < -0.3 is 0 Å². The second-order valence-corrected chi connectivity index (χ2v) is 4.10. The molecule has 1 aliphatic rings. The minimum Gasteiger partial charge on any atom is -0.0996 e. The molecule has 0 spiro atoms. The third-order valence-corrected chi connectivity index (χ3v) is 2.95. The summed E-state index contributed by atoms with van der Waals surface area (Å²) in [5.74, 6) is 0.793. The molecule has 1 rings (SSSR count). The Labute approximate surface area is 82.7 Å². The molecule has 0 aromatic rings. The molecule has 0 N–H and O–H groups in total. The minimum absolute atomic E-state index is 0.793. The van der Waals surface area contributed by atoms with Crippen LogP contribution in [0.5, 0.6) is 0 Å². The summed E-state index contributed by atoms with van der Waals surface area (Å²) in [4.78, 5) is 0. The first-order valence-corrected chi connectivity index (χ1v) is 5.67. The van der Waals surface area contributed by atoms with Crippen molar-refractivity contribution < 1.29 is 0 Å². The third-order valence-electron chi connectivity index (χ3n) is 2.95. The molecular formula is C13H22. The molecule has 0 aromatic carbocycles. The van der Waals surface area contributed by atoms with Crippen LogP contribution in [-0.4, -0.2) is 0 Å². The van der Waals surface area contributed by atoms with Gasteiger partial charge in [0.15, 0.2) is 0 Å². The van der Waals surface area contributed by atoms with Gasteiger partial charge in [0.2, 0.25) is 0 Å². The lowest BCUT2D eigenvalue weighted by molar-refractivity contribution is 0.525. The second kappa shape index (κ2) is 6.01. The topological polar surface area (TPSA) is 0 Å². The van der Waals surface area contributed by atoms with E-state index in [1.54, 1.807) is 0 Å². The minimum atomic E-state index is 0.793. The number of allylic oxidation sites excluding steroid dienone is 3. The van der Waals surface area contributed by atoms with Crippen molar-refractivity contribution in [2.24, 2.45) is 5.92 Å². The quantitative estimate of drug-likeness (QED) is 0.430. The van der Waals surface area contributed by atoms with Crippen LogP contribution < -0.4 is 0 Å². The Hall–Kier alpha value is -0.520. The zero-order valence-corrected chi connectivity index (χ0v) is 8.89. The predicted molar refractivity (Wildman–Crippen MR) is 59.8 cm³/mol. The van der Waals surface area contributed by atoms with E-state index < -0.39 is 0 Å². The summed E-state index contributed by atoms with van der Waals surface area (Å²) in [5.41, 5.74) is 1.50. The van der Waals surface area contributed by atoms with Gasteiger partial charge in [-0.05, 0) is 38.0 Å². The van der Waals surface area contributed by atoms with E-state index in [1.165, 1.54) is 50.5 Å². The standard InChI is InChI=1S/C13H22/c1-3-4-6-9-12(2)13-10-7-5-8-11-13/h5,7,13H,2-4,6,8-11H2,1H3. The lowest BCUT2D eigenvalue weighted by Gasteiger charge is -2.20. The van der Waals surface area contributed by atoms with Crippen LogP contribution in [0.2, 0.25) is 0 Å². The van der Waals surface area contributed by atoms with Gasteiger partial charge in [0.25, 0.3) is 0 Å². The SMILES string of the molecule is C=C(CCCCC)C1CC=CCC1. The van der Waals surface area contributed by atoms with Gasteiger partial charge in [0.1, 0.15) is 0 Å². The van der Waals surface area contributed by atoms with Crippen LogP contribution in [0, 0.1) is 5.92 Å². The third kappa shape index (κ3) is 3.80. The Kier molecular flexibility index (Phi) is 4.88. The van der Waals surface area contributed by atoms with Gasteiger partial charge in [-0.3, -0.25) is 0 Å². The molecule has 1 unspecified atom stereocenters. The number of rotatable bonds is 5. The van der Waals surface area contributed by atoms with Crippen molar-refractivity contribution in [1.29, 1.82) is 0 Å². The van der Waals surface area contributed by atoms with Crippen molar-refractivity contribution in [3.8, 4) is 0 Å². The van der Waals surface area contributed by atoms with E-state index in [-0.39, 0.29) is 0 Å². The summed E-state index contributed by atoms with van der Waals surface area (Å²) in [7, 11) is 0. The van der Waals surface area contributed by atoms with Gasteiger partial charge in [-0.25, -0.2) is 0 Å². The maximum Gasteiger partial charge on any atom is -0.0168 e. The highest BCUT2D eigenvalue weighted by molar-refractivity contribution is 5.06. The largest absolute Gasteiger partial charge is 0.0996 e. The van der Waals surface area contributed by atoms with E-state index in [0.717, 1.165) is 5.92 Å². The number of hydrogen-bond acceptors (Lipinski definition) is 0. The summed E-state index contributed by atoms with van der Waals surface area (Å²) in [6.45, 7) is 6.47. The molecule has 0 nitrogen and oxygen atoms in total. The van der Waals surface area contributed by atoms with Gasteiger partial charge in [0.05, 0.1) is 0 Å². The van der Waals surface area contributed by atoms with Crippen LogP contribution in [0.4, 0.5) is 0 Å². The average molecular weight is 178 g/mol. The molecular weight excluding hydrogens is 156 g/mol. The molecule has 0 aliphatic heterocycles. The molecule has 0 fully saturated rings. The summed E-state index contributed by atoms with van der Waals surface area (Å²) in [6, 6.07) is 0. The first-order chi connectivity index (χ1) is 6.34. The Morgan fingerprint density at radius 3 is 2.85 bits per heavy atom. The van der Waals surface area contributed by atoms with E-state index in [0.29, 0.717) is 0 Å². The van der Waals surface area contributed by atoms with E-state index in [2.05, 4.69) is 25.7 Å². The summed E-state index contributed by atoms with van der Waals surface area (Å²) < 4.78 is 0. The molecule has 1 aliphatic carbocycles. The van der Waals surface area contributed by atoms with Crippen molar-refractivity contribution in [3.05, 3.63) is 24.3 Å². The maximum atomic E-state index is 4.22. The molecule has 0 saturated carbocycles. The first-order valence-electron chi connectivity index (χ1n) is 5.67. The van der Waals surface area contributed by atoms with Crippen LogP contribution in [0.1, 0.15) is 51.9 Å². The molecule has 13 heavy (non-hydrogen) atoms. The monoisotopic (exact) mass is 178 g/mol. The fourth-order valence-electron chi connectivity index (χ4n) is 1.97. The molecule has 0 heterocycles. The van der Waals surface area contributed by atoms with Crippen molar-refractivity contribution in [2.75, 3.05) is 0 Å². The van der Waals surface area contributed by atoms with Crippen molar-refractivity contribution in [2.45, 2.75) is 51.9 Å². The van der Waals surface area contributed by atoms with Gasteiger partial charge >= 0.3 is 0 Å². The van der Waals surface area contributed by atoms with Crippen molar-refractivity contribution >= 4 is 0 Å². The first kappa shape index (κ1) is 10.6. The second-order valence-electron chi connectivity index (χ2n) is 4.10. The smallest absolute Gasteiger partial charge is 0.0168 e. The zero-order chi connectivity index (χ0) is 9.52. The van der Waals surface area contributed by atoms with Crippen molar-refractivity contribution in [1.82, 2.24) is 0 Å². The fourth-order valence-corrected chi connectivity index (χ4v) is 1.97. The van der Waals surface area contributed by atoms with Crippen LogP contribution in [0.3, 0.4) is 0 Å². The Bertz CT molecular complexity index is 176. The van der Waals surface area contributed by atoms with Crippen LogP contribution >= 0.6 is 0 Å². The Balaban J connectivity index is 2.18. The summed E-state index contributed by atoms with van der Waals surface area (Å²) >= 11 is 0. The van der Waals surface area contributed by atoms with Gasteiger partial charge in [-0.1, -0.05) is 44.1 Å². The lowest BCUT2D eigenvalue weighted by atomic mass is 9.86. The van der Waals surface area contributed by atoms with Gasteiger partial charge in [-0.2, -0.15) is 0 Å². The molecule has 1 atom stereocenters. The highest BCUT2D eigenvalue weighted by Crippen LogP contribution is 2.27. The molecule has 0 saturated heterocycles. The van der Waals surface area contributed by atoms with Crippen LogP contribution in [-0.2, 0) is 0 Å². The van der Waals surface area contributed by atoms with Crippen molar-refractivity contribution in [3.63, 3.8) is 0 Å². The Morgan fingerprint density at radius 1 is 1.38 bits per heavy atom. The molecule has 0 heteroatoms. The fraction of sp³-hybridized carbons (Fsp3) is 0.692. The molecule has 0 aromatic heterocycles. The number of hydrogen-bond donors (Lipinski definition) is 0. The Morgan fingerprint density at radius 2 is 2.23 bits per heavy atom.